The van der Waals surface area contributed by atoms with Crippen LogP contribution >= 0.6 is 12.4 Å². The van der Waals surface area contributed by atoms with Crippen molar-refractivity contribution >= 4 is 22.4 Å². The van der Waals surface area contributed by atoms with Crippen molar-refractivity contribution in [2.75, 3.05) is 13.7 Å². The summed E-state index contributed by atoms with van der Waals surface area (Å²) in [5, 5.41) is 0. The van der Waals surface area contributed by atoms with Crippen molar-refractivity contribution in [1.82, 2.24) is 4.72 Å². The van der Waals surface area contributed by atoms with Gasteiger partial charge in [-0.05, 0) is 23.3 Å². The van der Waals surface area contributed by atoms with Gasteiger partial charge in [-0.3, -0.25) is 0 Å². The van der Waals surface area contributed by atoms with Gasteiger partial charge in [-0.25, -0.2) is 13.1 Å². The van der Waals surface area contributed by atoms with E-state index in [4.69, 9.17) is 10.5 Å². The molecule has 0 aliphatic carbocycles. The molecule has 1 unspecified atom stereocenters. The quantitative estimate of drug-likeness (QED) is 0.797. The Hall–Kier alpha value is -1.60. The van der Waals surface area contributed by atoms with Crippen molar-refractivity contribution in [3.05, 3.63) is 65.7 Å². The molecule has 1 atom stereocenters. The van der Waals surface area contributed by atoms with E-state index in [0.29, 0.717) is 11.3 Å². The Morgan fingerprint density at radius 1 is 1.13 bits per heavy atom. The first kappa shape index (κ1) is 19.4. The fourth-order valence-corrected chi connectivity index (χ4v) is 3.22. The molecule has 2 aromatic carbocycles. The highest BCUT2D eigenvalue weighted by Gasteiger charge is 2.14. The second-order valence-electron chi connectivity index (χ2n) is 4.98. The molecule has 0 radical (unpaired) electrons. The number of nitrogens with two attached hydrogens (primary N) is 1. The minimum atomic E-state index is -3.45. The summed E-state index contributed by atoms with van der Waals surface area (Å²) in [7, 11) is -1.90. The molecule has 0 amide bonds. The van der Waals surface area contributed by atoms with Crippen molar-refractivity contribution in [1.29, 1.82) is 0 Å². The Morgan fingerprint density at radius 3 is 2.48 bits per heavy atom. The van der Waals surface area contributed by atoms with Gasteiger partial charge in [-0.15, -0.1) is 12.4 Å². The molecule has 0 spiro atoms. The fraction of sp³-hybridized carbons (Fsp3) is 0.250. The van der Waals surface area contributed by atoms with Crippen LogP contribution in [0.4, 0.5) is 0 Å². The third kappa shape index (κ3) is 6.19. The van der Waals surface area contributed by atoms with Gasteiger partial charge in [0.1, 0.15) is 5.75 Å². The van der Waals surface area contributed by atoms with Crippen LogP contribution in [-0.4, -0.2) is 22.1 Å². The second-order valence-corrected chi connectivity index (χ2v) is 6.78. The molecule has 23 heavy (non-hydrogen) atoms. The SMILES string of the molecule is COc1cccc(CS(=O)(=O)NCC(N)c2ccccc2)c1.Cl. The Bertz CT molecular complexity index is 708. The molecule has 0 aliphatic rings. The molecule has 126 valence electrons. The van der Waals surface area contributed by atoms with Crippen molar-refractivity contribution in [3.63, 3.8) is 0 Å². The normalized spacial score (nSPS) is 12.3. The first-order valence-corrected chi connectivity index (χ1v) is 8.56. The van der Waals surface area contributed by atoms with E-state index in [2.05, 4.69) is 4.72 Å². The van der Waals surface area contributed by atoms with Crippen LogP contribution < -0.4 is 15.2 Å². The first-order valence-electron chi connectivity index (χ1n) is 6.91. The van der Waals surface area contributed by atoms with Crippen LogP contribution in [0.5, 0.6) is 5.75 Å². The molecule has 0 fully saturated rings. The molecular formula is C16H21ClN2O3S. The smallest absolute Gasteiger partial charge is 0.215 e. The highest BCUT2D eigenvalue weighted by atomic mass is 35.5. The van der Waals surface area contributed by atoms with Gasteiger partial charge in [0.05, 0.1) is 12.9 Å². The molecule has 0 saturated heterocycles. The molecular weight excluding hydrogens is 336 g/mol. The number of nitrogens with one attached hydrogen (secondary N) is 1. The van der Waals surface area contributed by atoms with Gasteiger partial charge in [-0.1, -0.05) is 42.5 Å². The van der Waals surface area contributed by atoms with Crippen LogP contribution in [0.25, 0.3) is 0 Å². The second kappa shape index (κ2) is 8.88. The Labute approximate surface area is 143 Å². The number of sulfonamides is 1. The summed E-state index contributed by atoms with van der Waals surface area (Å²) in [5.41, 5.74) is 7.56. The van der Waals surface area contributed by atoms with E-state index in [1.54, 1.807) is 31.4 Å². The van der Waals surface area contributed by atoms with Crippen LogP contribution in [0, 0.1) is 0 Å². The number of hydrogen-bond donors (Lipinski definition) is 2. The number of ether oxygens (including phenoxy) is 1. The first-order chi connectivity index (χ1) is 10.5. The highest BCUT2D eigenvalue weighted by molar-refractivity contribution is 7.88. The lowest BCUT2D eigenvalue weighted by Crippen LogP contribution is -2.32. The van der Waals surface area contributed by atoms with Crippen molar-refractivity contribution in [2.24, 2.45) is 5.73 Å². The summed E-state index contributed by atoms with van der Waals surface area (Å²) in [6, 6.07) is 16.0. The van der Waals surface area contributed by atoms with Crippen molar-refractivity contribution in [2.45, 2.75) is 11.8 Å². The summed E-state index contributed by atoms with van der Waals surface area (Å²) >= 11 is 0. The summed E-state index contributed by atoms with van der Waals surface area (Å²) < 4.78 is 31.9. The molecule has 2 aromatic rings. The predicted molar refractivity (Wildman–Crippen MR) is 94.2 cm³/mol. The molecule has 0 aliphatic heterocycles. The van der Waals surface area contributed by atoms with E-state index in [-0.39, 0.29) is 30.7 Å². The average Bonchev–Trinajstić information content (AvgIpc) is 2.53. The molecule has 3 N–H and O–H groups in total. The average molecular weight is 357 g/mol. The van der Waals surface area contributed by atoms with Gasteiger partial charge in [0.2, 0.25) is 10.0 Å². The summed E-state index contributed by atoms with van der Waals surface area (Å²) in [5.74, 6) is 0.528. The van der Waals surface area contributed by atoms with E-state index in [0.717, 1.165) is 5.56 Å². The molecule has 0 heterocycles. The number of methoxy groups -OCH3 is 1. The van der Waals surface area contributed by atoms with Gasteiger partial charge < -0.3 is 10.5 Å². The van der Waals surface area contributed by atoms with Gasteiger partial charge in [0.15, 0.2) is 0 Å². The zero-order chi connectivity index (χ0) is 16.0. The molecule has 0 saturated carbocycles. The number of halogens is 1. The lowest BCUT2D eigenvalue weighted by Gasteiger charge is -2.13. The molecule has 0 bridgehead atoms. The summed E-state index contributed by atoms with van der Waals surface area (Å²) in [4.78, 5) is 0. The van der Waals surface area contributed by atoms with Crippen LogP contribution in [-0.2, 0) is 15.8 Å². The monoisotopic (exact) mass is 356 g/mol. The fourth-order valence-electron chi connectivity index (χ4n) is 2.07. The minimum absolute atomic E-state index is 0. The van der Waals surface area contributed by atoms with Crippen LogP contribution in [0.2, 0.25) is 0 Å². The van der Waals surface area contributed by atoms with E-state index in [1.165, 1.54) is 0 Å². The van der Waals surface area contributed by atoms with E-state index in [9.17, 15) is 8.42 Å². The maximum absolute atomic E-state index is 12.1. The van der Waals surface area contributed by atoms with Crippen LogP contribution in [0.1, 0.15) is 17.2 Å². The van der Waals surface area contributed by atoms with Crippen LogP contribution in [0.15, 0.2) is 54.6 Å². The van der Waals surface area contributed by atoms with E-state index in [1.807, 2.05) is 30.3 Å². The molecule has 7 heteroatoms. The van der Waals surface area contributed by atoms with E-state index < -0.39 is 10.0 Å². The van der Waals surface area contributed by atoms with Gasteiger partial charge in [-0.2, -0.15) is 0 Å². The van der Waals surface area contributed by atoms with Gasteiger partial charge in [0.25, 0.3) is 0 Å². The summed E-state index contributed by atoms with van der Waals surface area (Å²) in [6.07, 6.45) is 0. The largest absolute Gasteiger partial charge is 0.497 e. The standard InChI is InChI=1S/C16H20N2O3S.ClH/c1-21-15-9-5-6-13(10-15)12-22(19,20)18-11-16(17)14-7-3-2-4-8-14;/h2-10,16,18H,11-12,17H2,1H3;1H. The Morgan fingerprint density at radius 2 is 1.83 bits per heavy atom. The highest BCUT2D eigenvalue weighted by Crippen LogP contribution is 2.15. The third-order valence-corrected chi connectivity index (χ3v) is 4.56. The molecule has 5 nitrogen and oxygen atoms in total. The lowest BCUT2D eigenvalue weighted by atomic mass is 10.1. The number of hydrogen-bond acceptors (Lipinski definition) is 4. The topological polar surface area (TPSA) is 81.4 Å². The number of benzene rings is 2. The van der Waals surface area contributed by atoms with Gasteiger partial charge in [0, 0.05) is 12.6 Å². The zero-order valence-corrected chi connectivity index (χ0v) is 14.4. The maximum Gasteiger partial charge on any atom is 0.215 e. The number of rotatable bonds is 7. The van der Waals surface area contributed by atoms with Crippen molar-refractivity contribution in [3.8, 4) is 5.75 Å². The molecule has 2 rings (SSSR count). The van der Waals surface area contributed by atoms with Gasteiger partial charge >= 0.3 is 0 Å². The maximum atomic E-state index is 12.1. The zero-order valence-electron chi connectivity index (χ0n) is 12.8. The Balaban J connectivity index is 0.00000264. The predicted octanol–water partition coefficient (Wildman–Crippen LogP) is 2.24. The lowest BCUT2D eigenvalue weighted by molar-refractivity contribution is 0.414. The Kier molecular flexibility index (Phi) is 7.51. The van der Waals surface area contributed by atoms with E-state index >= 15 is 0 Å². The molecule has 0 aromatic heterocycles. The minimum Gasteiger partial charge on any atom is -0.497 e. The summed E-state index contributed by atoms with van der Waals surface area (Å²) in [6.45, 7) is 0.163. The van der Waals surface area contributed by atoms with Crippen molar-refractivity contribution < 1.29 is 13.2 Å². The third-order valence-electron chi connectivity index (χ3n) is 3.24. The van der Waals surface area contributed by atoms with Crippen LogP contribution in [0.3, 0.4) is 0 Å².